The van der Waals surface area contributed by atoms with Gasteiger partial charge in [-0.2, -0.15) is 0 Å². The van der Waals surface area contributed by atoms with Gasteiger partial charge in [0.1, 0.15) is 17.4 Å². The van der Waals surface area contributed by atoms with Gasteiger partial charge in [-0.3, -0.25) is 15.0 Å². The number of methoxy groups -OCH3 is 1. The van der Waals surface area contributed by atoms with Gasteiger partial charge in [-0.15, -0.1) is 0 Å². The van der Waals surface area contributed by atoms with Crippen molar-refractivity contribution >= 4 is 34.8 Å². The van der Waals surface area contributed by atoms with Crippen LogP contribution in [-0.2, 0) is 6.42 Å². The van der Waals surface area contributed by atoms with E-state index in [1.165, 1.54) is 25.3 Å². The standard InChI is InChI=1S/C25H23ClFN3O3/c1-30(2)24(28)16-5-11-20(22(27)12-16)23(31)13-15-4-10-19(33-3)14-21(15)25(32)29-18-8-6-17(26)7-9-18/h4-12,14,28H,13H2,1-3H3,(H,29,32). The Morgan fingerprint density at radius 1 is 1.03 bits per heavy atom. The van der Waals surface area contributed by atoms with Crippen LogP contribution in [0, 0.1) is 11.2 Å². The average Bonchev–Trinajstić information content (AvgIpc) is 2.79. The molecule has 0 radical (unpaired) electrons. The fraction of sp³-hybridized carbons (Fsp3) is 0.160. The molecular formula is C25H23ClFN3O3. The molecule has 0 unspecified atom stereocenters. The molecule has 3 rings (SSSR count). The van der Waals surface area contributed by atoms with Crippen molar-refractivity contribution in [2.75, 3.05) is 26.5 Å². The van der Waals surface area contributed by atoms with Crippen molar-refractivity contribution in [1.82, 2.24) is 4.90 Å². The predicted octanol–water partition coefficient (Wildman–Crippen LogP) is 5.05. The monoisotopic (exact) mass is 467 g/mol. The van der Waals surface area contributed by atoms with Gasteiger partial charge >= 0.3 is 0 Å². The molecule has 0 atom stereocenters. The van der Waals surface area contributed by atoms with Crippen molar-refractivity contribution in [3.05, 3.63) is 93.8 Å². The number of benzene rings is 3. The van der Waals surface area contributed by atoms with Crippen LogP contribution in [0.4, 0.5) is 10.1 Å². The van der Waals surface area contributed by atoms with Gasteiger partial charge in [0.25, 0.3) is 5.91 Å². The molecule has 0 aliphatic rings. The summed E-state index contributed by atoms with van der Waals surface area (Å²) in [6.45, 7) is 0. The number of amidine groups is 1. The quantitative estimate of drug-likeness (QED) is 0.289. The minimum Gasteiger partial charge on any atom is -0.497 e. The third-order valence-corrected chi connectivity index (χ3v) is 5.26. The number of hydrogen-bond donors (Lipinski definition) is 2. The summed E-state index contributed by atoms with van der Waals surface area (Å²) < 4.78 is 19.9. The number of rotatable bonds is 7. The number of nitrogens with zero attached hydrogens (tertiary/aromatic N) is 1. The van der Waals surface area contributed by atoms with Gasteiger partial charge in [0.05, 0.1) is 12.7 Å². The second-order valence-corrected chi connectivity index (χ2v) is 7.96. The first-order valence-electron chi connectivity index (χ1n) is 10.0. The number of halogens is 2. The summed E-state index contributed by atoms with van der Waals surface area (Å²) in [5, 5.41) is 11.3. The van der Waals surface area contributed by atoms with Crippen molar-refractivity contribution in [1.29, 1.82) is 5.41 Å². The second-order valence-electron chi connectivity index (χ2n) is 7.52. The highest BCUT2D eigenvalue weighted by molar-refractivity contribution is 6.30. The van der Waals surface area contributed by atoms with Gasteiger partial charge in [0, 0.05) is 42.4 Å². The van der Waals surface area contributed by atoms with Crippen LogP contribution in [0.25, 0.3) is 0 Å². The summed E-state index contributed by atoms with van der Waals surface area (Å²) in [5.41, 5.74) is 1.46. The SMILES string of the molecule is COc1ccc(CC(=O)c2ccc(C(=N)N(C)C)cc2F)c(C(=O)Nc2ccc(Cl)cc2)c1. The molecule has 0 saturated carbocycles. The molecule has 0 spiro atoms. The van der Waals surface area contributed by atoms with Crippen LogP contribution >= 0.6 is 11.6 Å². The van der Waals surface area contributed by atoms with Crippen molar-refractivity contribution in [3.8, 4) is 5.75 Å². The predicted molar refractivity (Wildman–Crippen MR) is 127 cm³/mol. The molecule has 2 N–H and O–H groups in total. The summed E-state index contributed by atoms with van der Waals surface area (Å²) in [4.78, 5) is 27.4. The summed E-state index contributed by atoms with van der Waals surface area (Å²) in [7, 11) is 4.84. The van der Waals surface area contributed by atoms with Gasteiger partial charge in [-0.25, -0.2) is 4.39 Å². The maximum atomic E-state index is 14.7. The van der Waals surface area contributed by atoms with Crippen molar-refractivity contribution in [2.24, 2.45) is 0 Å². The van der Waals surface area contributed by atoms with E-state index in [0.29, 0.717) is 27.6 Å². The molecule has 3 aromatic rings. The van der Waals surface area contributed by atoms with E-state index in [1.807, 2.05) is 0 Å². The van der Waals surface area contributed by atoms with Crippen molar-refractivity contribution < 1.29 is 18.7 Å². The third-order valence-electron chi connectivity index (χ3n) is 5.00. The van der Waals surface area contributed by atoms with Crippen LogP contribution in [0.5, 0.6) is 5.75 Å². The fourth-order valence-electron chi connectivity index (χ4n) is 3.19. The van der Waals surface area contributed by atoms with E-state index < -0.39 is 17.5 Å². The zero-order chi connectivity index (χ0) is 24.1. The topological polar surface area (TPSA) is 82.5 Å². The Morgan fingerprint density at radius 2 is 1.73 bits per heavy atom. The Labute approximate surface area is 196 Å². The van der Waals surface area contributed by atoms with Crippen LogP contribution < -0.4 is 10.1 Å². The van der Waals surface area contributed by atoms with Crippen LogP contribution in [0.15, 0.2) is 60.7 Å². The Kier molecular flexibility index (Phi) is 7.45. The van der Waals surface area contributed by atoms with E-state index in [9.17, 15) is 14.0 Å². The summed E-state index contributed by atoms with van der Waals surface area (Å²) in [5.74, 6) is -1.06. The number of ether oxygens (including phenoxy) is 1. The first-order valence-corrected chi connectivity index (χ1v) is 10.4. The van der Waals surface area contributed by atoms with Gasteiger partial charge in [0.15, 0.2) is 5.78 Å². The third kappa shape index (κ3) is 5.75. The van der Waals surface area contributed by atoms with Crippen LogP contribution in [0.3, 0.4) is 0 Å². The molecule has 0 heterocycles. The van der Waals surface area contributed by atoms with E-state index in [2.05, 4.69) is 5.32 Å². The van der Waals surface area contributed by atoms with Gasteiger partial charge in [-0.05, 0) is 54.1 Å². The lowest BCUT2D eigenvalue weighted by molar-refractivity contribution is 0.0988. The molecule has 0 saturated heterocycles. The number of Topliss-reactive ketones (excluding diaryl/α,β-unsaturated/α-hetero) is 1. The number of nitrogens with one attached hydrogen (secondary N) is 2. The Morgan fingerprint density at radius 3 is 2.33 bits per heavy atom. The molecule has 33 heavy (non-hydrogen) atoms. The van der Waals surface area contributed by atoms with E-state index in [0.717, 1.165) is 6.07 Å². The summed E-state index contributed by atoms with van der Waals surface area (Å²) in [6.07, 6.45) is -0.186. The van der Waals surface area contributed by atoms with Gasteiger partial charge < -0.3 is 15.0 Å². The zero-order valence-corrected chi connectivity index (χ0v) is 19.2. The summed E-state index contributed by atoms with van der Waals surface area (Å²) >= 11 is 5.89. The molecule has 6 nitrogen and oxygen atoms in total. The maximum Gasteiger partial charge on any atom is 0.256 e. The van der Waals surface area contributed by atoms with Gasteiger partial charge in [-0.1, -0.05) is 23.7 Å². The Bertz CT molecular complexity index is 1210. The smallest absolute Gasteiger partial charge is 0.256 e. The highest BCUT2D eigenvalue weighted by atomic mass is 35.5. The van der Waals surface area contributed by atoms with Crippen molar-refractivity contribution in [2.45, 2.75) is 6.42 Å². The molecule has 3 aromatic carbocycles. The lowest BCUT2D eigenvalue weighted by Gasteiger charge is -2.15. The zero-order valence-electron chi connectivity index (χ0n) is 18.4. The van der Waals surface area contributed by atoms with Crippen molar-refractivity contribution in [3.63, 3.8) is 0 Å². The number of ketones is 1. The highest BCUT2D eigenvalue weighted by Gasteiger charge is 2.19. The minimum atomic E-state index is -0.718. The van der Waals surface area contributed by atoms with E-state index in [1.54, 1.807) is 55.4 Å². The molecule has 0 bridgehead atoms. The number of anilines is 1. The lowest BCUT2D eigenvalue weighted by atomic mass is 9.97. The first kappa shape index (κ1) is 23.9. The van der Waals surface area contributed by atoms with Crippen LogP contribution in [-0.4, -0.2) is 43.6 Å². The second kappa shape index (κ2) is 10.3. The Hall–Kier alpha value is -3.71. The van der Waals surface area contributed by atoms with Crippen LogP contribution in [0.1, 0.15) is 31.8 Å². The fourth-order valence-corrected chi connectivity index (χ4v) is 3.32. The lowest BCUT2D eigenvalue weighted by Crippen LogP contribution is -2.22. The molecule has 0 aliphatic heterocycles. The number of hydrogen-bond acceptors (Lipinski definition) is 4. The number of carbonyl (C=O) groups is 2. The molecule has 170 valence electrons. The van der Waals surface area contributed by atoms with Gasteiger partial charge in [0.2, 0.25) is 0 Å². The molecule has 1 amide bonds. The van der Waals surface area contributed by atoms with Crippen LogP contribution in [0.2, 0.25) is 5.02 Å². The first-order chi connectivity index (χ1) is 15.7. The molecule has 0 fully saturated rings. The van der Waals surface area contributed by atoms with E-state index >= 15 is 0 Å². The molecule has 8 heteroatoms. The number of carbonyl (C=O) groups excluding carboxylic acids is 2. The normalized spacial score (nSPS) is 10.5. The molecule has 0 aromatic heterocycles. The van der Waals surface area contributed by atoms with E-state index in [-0.39, 0.29) is 23.4 Å². The summed E-state index contributed by atoms with van der Waals surface area (Å²) in [6, 6.07) is 15.5. The maximum absolute atomic E-state index is 14.7. The molecular weight excluding hydrogens is 445 g/mol. The minimum absolute atomic E-state index is 0.106. The average molecular weight is 468 g/mol. The van der Waals surface area contributed by atoms with E-state index in [4.69, 9.17) is 21.7 Å². The largest absolute Gasteiger partial charge is 0.497 e. The Balaban J connectivity index is 1.87. The molecule has 0 aliphatic carbocycles. The number of amides is 1. The highest BCUT2D eigenvalue weighted by Crippen LogP contribution is 2.23.